The number of hydrogen-bond acceptors (Lipinski definition) is 4. The Labute approximate surface area is 108 Å². The second-order valence-corrected chi connectivity index (χ2v) is 4.59. The van der Waals surface area contributed by atoms with E-state index >= 15 is 0 Å². The number of rotatable bonds is 7. The minimum Gasteiger partial charge on any atom is -0.467 e. The van der Waals surface area contributed by atoms with Crippen molar-refractivity contribution in [2.45, 2.75) is 39.2 Å². The molecular formula is C13H21NO4. The highest BCUT2D eigenvalue weighted by Crippen LogP contribution is 2.20. The summed E-state index contributed by atoms with van der Waals surface area (Å²) in [5.74, 6) is -1.50. The second-order valence-electron chi connectivity index (χ2n) is 4.59. The predicted molar refractivity (Wildman–Crippen MR) is 67.8 cm³/mol. The molecule has 18 heavy (non-hydrogen) atoms. The van der Waals surface area contributed by atoms with Gasteiger partial charge in [-0.2, -0.15) is 0 Å². The Morgan fingerprint density at radius 2 is 1.94 bits per heavy atom. The van der Waals surface area contributed by atoms with E-state index in [1.165, 1.54) is 20.1 Å². The maximum atomic E-state index is 12.2. The van der Waals surface area contributed by atoms with Crippen LogP contribution in [-0.2, 0) is 19.1 Å². The highest BCUT2D eigenvalue weighted by Gasteiger charge is 2.46. The van der Waals surface area contributed by atoms with Crippen molar-refractivity contribution in [3.63, 3.8) is 0 Å². The van der Waals surface area contributed by atoms with Crippen LogP contribution in [0.1, 0.15) is 33.6 Å². The van der Waals surface area contributed by atoms with Gasteiger partial charge >= 0.3 is 5.97 Å². The van der Waals surface area contributed by atoms with Crippen LogP contribution in [0.5, 0.6) is 0 Å². The maximum Gasteiger partial charge on any atom is 0.339 e. The average molecular weight is 255 g/mol. The van der Waals surface area contributed by atoms with Crippen molar-refractivity contribution >= 4 is 17.7 Å². The molecule has 0 spiro atoms. The number of nitrogens with one attached hydrogen (secondary N) is 1. The van der Waals surface area contributed by atoms with Crippen LogP contribution >= 0.6 is 0 Å². The molecule has 0 bridgehead atoms. The molecule has 0 aliphatic carbocycles. The molecule has 1 N–H and O–H groups in total. The summed E-state index contributed by atoms with van der Waals surface area (Å²) in [4.78, 5) is 35.4. The number of carbonyl (C=O) groups excluding carboxylic acids is 3. The van der Waals surface area contributed by atoms with E-state index in [-0.39, 0.29) is 24.5 Å². The molecular weight excluding hydrogens is 234 g/mol. The summed E-state index contributed by atoms with van der Waals surface area (Å²) in [5.41, 5.74) is -1.65. The van der Waals surface area contributed by atoms with E-state index in [4.69, 9.17) is 0 Å². The summed E-state index contributed by atoms with van der Waals surface area (Å²) in [7, 11) is 1.19. The first-order valence-electron chi connectivity index (χ1n) is 5.81. The standard InChI is InChI=1S/C13H21NO4/c1-6-7-13(12(17)18-5,14-10(4)15)11(16)8-9(2)3/h6,9H,1,7-8H2,2-5H3,(H,14,15). The van der Waals surface area contributed by atoms with Gasteiger partial charge < -0.3 is 10.1 Å². The van der Waals surface area contributed by atoms with E-state index < -0.39 is 17.4 Å². The van der Waals surface area contributed by atoms with Crippen LogP contribution in [0.4, 0.5) is 0 Å². The van der Waals surface area contributed by atoms with Gasteiger partial charge in [-0.1, -0.05) is 19.9 Å². The average Bonchev–Trinajstić information content (AvgIpc) is 2.25. The van der Waals surface area contributed by atoms with Crippen molar-refractivity contribution in [3.8, 4) is 0 Å². The molecule has 5 nitrogen and oxygen atoms in total. The molecule has 0 saturated heterocycles. The Balaban J connectivity index is 5.43. The zero-order valence-electron chi connectivity index (χ0n) is 11.4. The van der Waals surface area contributed by atoms with Crippen LogP contribution in [-0.4, -0.2) is 30.3 Å². The van der Waals surface area contributed by atoms with E-state index in [0.717, 1.165) is 0 Å². The molecule has 0 aromatic carbocycles. The third-order valence-electron chi connectivity index (χ3n) is 2.44. The van der Waals surface area contributed by atoms with Gasteiger partial charge in [0, 0.05) is 19.8 Å². The molecule has 1 amide bonds. The summed E-state index contributed by atoms with van der Waals surface area (Å²) in [6.45, 7) is 8.50. The minimum absolute atomic E-state index is 0.0187. The molecule has 5 heteroatoms. The van der Waals surface area contributed by atoms with Gasteiger partial charge in [-0.25, -0.2) is 4.79 Å². The molecule has 0 aliphatic heterocycles. The van der Waals surface area contributed by atoms with Gasteiger partial charge in [0.2, 0.25) is 11.4 Å². The van der Waals surface area contributed by atoms with Crippen molar-refractivity contribution in [2.75, 3.05) is 7.11 Å². The molecule has 0 aromatic rings. The van der Waals surface area contributed by atoms with E-state index in [9.17, 15) is 14.4 Å². The second kappa shape index (κ2) is 6.93. The van der Waals surface area contributed by atoms with Gasteiger partial charge in [0.15, 0.2) is 5.78 Å². The molecule has 0 fully saturated rings. The zero-order valence-corrected chi connectivity index (χ0v) is 11.4. The van der Waals surface area contributed by atoms with E-state index in [0.29, 0.717) is 0 Å². The minimum atomic E-state index is -1.65. The lowest BCUT2D eigenvalue weighted by Gasteiger charge is -2.29. The molecule has 0 rings (SSSR count). The lowest BCUT2D eigenvalue weighted by atomic mass is 9.85. The number of Topliss-reactive ketones (excluding diaryl/α,β-unsaturated/α-hetero) is 1. The third kappa shape index (κ3) is 3.98. The summed E-state index contributed by atoms with van der Waals surface area (Å²) in [5, 5.41) is 2.42. The maximum absolute atomic E-state index is 12.2. The van der Waals surface area contributed by atoms with Crippen LogP contribution < -0.4 is 5.32 Å². The SMILES string of the molecule is C=CCC(NC(C)=O)(C(=O)CC(C)C)C(=O)OC. The first-order chi connectivity index (χ1) is 8.30. The lowest BCUT2D eigenvalue weighted by molar-refractivity contribution is -0.155. The summed E-state index contributed by atoms with van der Waals surface area (Å²) < 4.78 is 4.65. The van der Waals surface area contributed by atoms with Crippen molar-refractivity contribution in [3.05, 3.63) is 12.7 Å². The number of esters is 1. The Kier molecular flexibility index (Phi) is 6.30. The Morgan fingerprint density at radius 1 is 1.39 bits per heavy atom. The molecule has 0 aromatic heterocycles. The van der Waals surface area contributed by atoms with Crippen molar-refractivity contribution in [2.24, 2.45) is 5.92 Å². The first-order valence-corrected chi connectivity index (χ1v) is 5.81. The largest absolute Gasteiger partial charge is 0.467 e. The normalized spacial score (nSPS) is 13.6. The summed E-state index contributed by atoms with van der Waals surface area (Å²) in [6.07, 6.45) is 1.62. The lowest BCUT2D eigenvalue weighted by Crippen LogP contribution is -2.60. The number of ether oxygens (including phenoxy) is 1. The van der Waals surface area contributed by atoms with Crippen molar-refractivity contribution in [1.29, 1.82) is 0 Å². The Bertz CT molecular complexity index is 349. The number of amides is 1. The van der Waals surface area contributed by atoms with Gasteiger partial charge in [-0.15, -0.1) is 6.58 Å². The van der Waals surface area contributed by atoms with Gasteiger partial charge in [0.05, 0.1) is 7.11 Å². The molecule has 1 atom stereocenters. The molecule has 1 unspecified atom stereocenters. The van der Waals surface area contributed by atoms with Crippen molar-refractivity contribution < 1.29 is 19.1 Å². The van der Waals surface area contributed by atoms with Gasteiger partial charge in [0.25, 0.3) is 0 Å². The fourth-order valence-corrected chi connectivity index (χ4v) is 1.72. The number of methoxy groups -OCH3 is 1. The summed E-state index contributed by atoms with van der Waals surface area (Å²) in [6, 6.07) is 0. The van der Waals surface area contributed by atoms with Crippen LogP contribution in [0, 0.1) is 5.92 Å². The monoisotopic (exact) mass is 255 g/mol. The Hall–Kier alpha value is -1.65. The van der Waals surface area contributed by atoms with Crippen LogP contribution in [0.3, 0.4) is 0 Å². The molecule has 0 radical (unpaired) electrons. The quantitative estimate of drug-likeness (QED) is 0.422. The van der Waals surface area contributed by atoms with Gasteiger partial charge in [-0.05, 0) is 5.92 Å². The summed E-state index contributed by atoms with van der Waals surface area (Å²) >= 11 is 0. The fourth-order valence-electron chi connectivity index (χ4n) is 1.72. The smallest absolute Gasteiger partial charge is 0.339 e. The number of hydrogen-bond donors (Lipinski definition) is 1. The fraction of sp³-hybridized carbons (Fsp3) is 0.615. The van der Waals surface area contributed by atoms with Crippen LogP contribution in [0.2, 0.25) is 0 Å². The molecule has 102 valence electrons. The Morgan fingerprint density at radius 3 is 2.28 bits per heavy atom. The zero-order chi connectivity index (χ0) is 14.3. The van der Waals surface area contributed by atoms with E-state index in [1.807, 2.05) is 13.8 Å². The molecule has 0 saturated carbocycles. The van der Waals surface area contributed by atoms with Crippen LogP contribution in [0.15, 0.2) is 12.7 Å². The topological polar surface area (TPSA) is 72.5 Å². The first kappa shape index (κ1) is 16.4. The van der Waals surface area contributed by atoms with E-state index in [2.05, 4.69) is 16.6 Å². The van der Waals surface area contributed by atoms with Gasteiger partial charge in [-0.3, -0.25) is 9.59 Å². The predicted octanol–water partition coefficient (Wildman–Crippen LogP) is 1.23. The van der Waals surface area contributed by atoms with Gasteiger partial charge in [0.1, 0.15) is 0 Å². The number of carbonyl (C=O) groups is 3. The highest BCUT2D eigenvalue weighted by atomic mass is 16.5. The highest BCUT2D eigenvalue weighted by molar-refractivity contribution is 6.11. The van der Waals surface area contributed by atoms with Crippen LogP contribution in [0.25, 0.3) is 0 Å². The third-order valence-corrected chi connectivity index (χ3v) is 2.44. The molecule has 0 aliphatic rings. The van der Waals surface area contributed by atoms with Crippen molar-refractivity contribution in [1.82, 2.24) is 5.32 Å². The number of ketones is 1. The molecule has 0 heterocycles. The van der Waals surface area contributed by atoms with E-state index in [1.54, 1.807) is 0 Å².